The summed E-state index contributed by atoms with van der Waals surface area (Å²) in [4.78, 5) is 40.8. The number of carbonyl (C=O) groups excluding carboxylic acids is 1. The first-order valence-corrected chi connectivity index (χ1v) is 10.7. The van der Waals surface area contributed by atoms with Crippen LogP contribution in [0.15, 0.2) is 39.1 Å². The van der Waals surface area contributed by atoms with Crippen molar-refractivity contribution in [1.82, 2.24) is 9.55 Å². The number of nitrogens with zero attached hydrogens (tertiary/aromatic N) is 3. The number of ether oxygens (including phenoxy) is 1. The predicted molar refractivity (Wildman–Crippen MR) is 112 cm³/mol. The van der Waals surface area contributed by atoms with Crippen LogP contribution in [0, 0.1) is 10.1 Å². The fraction of sp³-hybridized carbons (Fsp3) is 0.389. The third-order valence-electron chi connectivity index (χ3n) is 4.15. The van der Waals surface area contributed by atoms with Crippen LogP contribution >= 0.6 is 23.5 Å². The molecule has 0 fully saturated rings. The van der Waals surface area contributed by atoms with Crippen LogP contribution in [0.3, 0.4) is 0 Å². The molecule has 0 aliphatic carbocycles. The third kappa shape index (κ3) is 5.17. The Morgan fingerprint density at radius 3 is 3.03 bits per heavy atom. The maximum atomic E-state index is 12.8. The molecule has 0 bridgehead atoms. The molecule has 0 radical (unpaired) electrons. The van der Waals surface area contributed by atoms with E-state index in [1.54, 1.807) is 17.7 Å². The maximum absolute atomic E-state index is 12.8. The topological polar surface area (TPSA) is 116 Å². The van der Waals surface area contributed by atoms with Crippen molar-refractivity contribution in [2.24, 2.45) is 0 Å². The molecule has 2 aromatic rings. The molecule has 1 aliphatic rings. The zero-order chi connectivity index (χ0) is 21.0. The lowest BCUT2D eigenvalue weighted by Gasteiger charge is -2.13. The number of nitro benzene ring substituents is 1. The van der Waals surface area contributed by atoms with E-state index in [0.717, 1.165) is 17.5 Å². The van der Waals surface area contributed by atoms with Gasteiger partial charge in [0.1, 0.15) is 0 Å². The van der Waals surface area contributed by atoms with E-state index in [1.807, 2.05) is 6.92 Å². The minimum Gasteiger partial charge on any atom is -0.383 e. The van der Waals surface area contributed by atoms with Gasteiger partial charge in [-0.05, 0) is 6.07 Å². The van der Waals surface area contributed by atoms with Gasteiger partial charge in [0, 0.05) is 36.6 Å². The molecular weight excluding hydrogens is 416 g/mol. The van der Waals surface area contributed by atoms with Gasteiger partial charge in [-0.25, -0.2) is 4.98 Å². The summed E-state index contributed by atoms with van der Waals surface area (Å²) in [6, 6.07) is 5.73. The molecule has 1 amide bonds. The molecule has 1 unspecified atom stereocenters. The Kier molecular flexibility index (Phi) is 6.93. The SMILES string of the molecule is COCCn1c(SCC(=O)Nc2cccc([N+](=O)[O-])c2)nc2c(c1=O)SC(C)C2. The van der Waals surface area contributed by atoms with Crippen LogP contribution in [0.4, 0.5) is 11.4 Å². The second-order valence-corrected chi connectivity index (χ2v) is 8.79. The lowest BCUT2D eigenvalue weighted by atomic mass is 10.2. The summed E-state index contributed by atoms with van der Waals surface area (Å²) in [7, 11) is 1.56. The van der Waals surface area contributed by atoms with Crippen LogP contribution in [-0.2, 0) is 22.5 Å². The van der Waals surface area contributed by atoms with Gasteiger partial charge in [-0.3, -0.25) is 24.3 Å². The lowest BCUT2D eigenvalue weighted by molar-refractivity contribution is -0.384. The van der Waals surface area contributed by atoms with E-state index < -0.39 is 4.92 Å². The first-order chi connectivity index (χ1) is 13.9. The zero-order valence-corrected chi connectivity index (χ0v) is 17.5. The Balaban J connectivity index is 1.74. The predicted octanol–water partition coefficient (Wildman–Crippen LogP) is 2.57. The molecule has 0 saturated heterocycles. The van der Waals surface area contributed by atoms with Gasteiger partial charge in [-0.15, -0.1) is 11.8 Å². The Morgan fingerprint density at radius 1 is 1.52 bits per heavy atom. The van der Waals surface area contributed by atoms with Gasteiger partial charge in [-0.1, -0.05) is 24.8 Å². The number of anilines is 1. The quantitative estimate of drug-likeness (QED) is 0.290. The number of nitrogens with one attached hydrogen (secondary N) is 1. The van der Waals surface area contributed by atoms with E-state index in [-0.39, 0.29) is 22.9 Å². The summed E-state index contributed by atoms with van der Waals surface area (Å²) in [6.07, 6.45) is 0.716. The number of nitro groups is 1. The standard InChI is InChI=1S/C18H20N4O5S2/c1-11-8-14-16(29-11)17(24)21(6-7-27-2)18(20-14)28-10-15(23)19-12-4-3-5-13(9-12)22(25)26/h3-5,9,11H,6-8,10H2,1-2H3,(H,19,23). The van der Waals surface area contributed by atoms with Gasteiger partial charge in [0.15, 0.2) is 5.16 Å². The van der Waals surface area contributed by atoms with Gasteiger partial charge in [0.05, 0.1) is 34.4 Å². The molecule has 0 spiro atoms. The fourth-order valence-corrected chi connectivity index (χ4v) is 4.80. The molecular formula is C18H20N4O5S2. The van der Waals surface area contributed by atoms with Crippen molar-refractivity contribution in [3.05, 3.63) is 50.4 Å². The van der Waals surface area contributed by atoms with E-state index in [9.17, 15) is 19.7 Å². The molecule has 1 aromatic heterocycles. The fourth-order valence-electron chi connectivity index (χ4n) is 2.85. The van der Waals surface area contributed by atoms with Gasteiger partial charge in [0.25, 0.3) is 11.2 Å². The molecule has 1 aromatic carbocycles. The summed E-state index contributed by atoms with van der Waals surface area (Å²) < 4.78 is 6.63. The first kappa shape index (κ1) is 21.3. The number of hydrogen-bond acceptors (Lipinski definition) is 8. The zero-order valence-electron chi connectivity index (χ0n) is 15.9. The summed E-state index contributed by atoms with van der Waals surface area (Å²) in [5.41, 5.74) is 0.898. The average molecular weight is 437 g/mol. The summed E-state index contributed by atoms with van der Waals surface area (Å²) in [5, 5.41) is 14.3. The second-order valence-electron chi connectivity index (χ2n) is 6.40. The van der Waals surface area contributed by atoms with Gasteiger partial charge >= 0.3 is 0 Å². The van der Waals surface area contributed by atoms with Crippen molar-refractivity contribution in [3.8, 4) is 0 Å². The number of methoxy groups -OCH3 is 1. The van der Waals surface area contributed by atoms with Crippen molar-refractivity contribution in [2.45, 2.75) is 35.2 Å². The van der Waals surface area contributed by atoms with Crippen molar-refractivity contribution >= 4 is 40.8 Å². The van der Waals surface area contributed by atoms with Crippen molar-refractivity contribution < 1.29 is 14.5 Å². The van der Waals surface area contributed by atoms with Crippen molar-refractivity contribution in [3.63, 3.8) is 0 Å². The molecule has 1 atom stereocenters. The highest BCUT2D eigenvalue weighted by atomic mass is 32.2. The highest BCUT2D eigenvalue weighted by Crippen LogP contribution is 2.34. The second kappa shape index (κ2) is 9.42. The van der Waals surface area contributed by atoms with Crippen LogP contribution in [0.2, 0.25) is 0 Å². The molecule has 9 nitrogen and oxygen atoms in total. The van der Waals surface area contributed by atoms with Crippen LogP contribution in [0.5, 0.6) is 0 Å². The number of fused-ring (bicyclic) bond motifs is 1. The van der Waals surface area contributed by atoms with E-state index in [1.165, 1.54) is 30.0 Å². The average Bonchev–Trinajstić information content (AvgIpc) is 3.06. The number of benzene rings is 1. The number of carbonyl (C=O) groups is 1. The number of hydrogen-bond donors (Lipinski definition) is 1. The Labute approximate surface area is 175 Å². The molecule has 1 aliphatic heterocycles. The molecule has 0 saturated carbocycles. The number of amides is 1. The lowest BCUT2D eigenvalue weighted by Crippen LogP contribution is -2.27. The van der Waals surface area contributed by atoms with Crippen LogP contribution in [-0.4, -0.2) is 45.1 Å². The van der Waals surface area contributed by atoms with Crippen LogP contribution < -0.4 is 10.9 Å². The number of thioether (sulfide) groups is 2. The summed E-state index contributed by atoms with van der Waals surface area (Å²) in [5.74, 6) is -0.324. The Hall–Kier alpha value is -2.37. The molecule has 1 N–H and O–H groups in total. The van der Waals surface area contributed by atoms with E-state index in [4.69, 9.17) is 4.74 Å². The van der Waals surface area contributed by atoms with Crippen molar-refractivity contribution in [2.75, 3.05) is 24.8 Å². The number of non-ortho nitro benzene ring substituents is 1. The maximum Gasteiger partial charge on any atom is 0.271 e. The molecule has 11 heteroatoms. The number of rotatable bonds is 8. The Morgan fingerprint density at radius 2 is 2.31 bits per heavy atom. The molecule has 29 heavy (non-hydrogen) atoms. The normalized spacial score (nSPS) is 15.2. The minimum atomic E-state index is -0.521. The first-order valence-electron chi connectivity index (χ1n) is 8.85. The highest BCUT2D eigenvalue weighted by molar-refractivity contribution is 8.00. The summed E-state index contributed by atoms with van der Waals surface area (Å²) >= 11 is 2.68. The number of aromatic nitrogens is 2. The van der Waals surface area contributed by atoms with Crippen LogP contribution in [0.25, 0.3) is 0 Å². The smallest absolute Gasteiger partial charge is 0.271 e. The van der Waals surface area contributed by atoms with Gasteiger partial charge < -0.3 is 10.1 Å². The molecule has 154 valence electrons. The van der Waals surface area contributed by atoms with Gasteiger partial charge in [0.2, 0.25) is 5.91 Å². The van der Waals surface area contributed by atoms with E-state index >= 15 is 0 Å². The molecule has 2 heterocycles. The highest BCUT2D eigenvalue weighted by Gasteiger charge is 2.26. The third-order valence-corrected chi connectivity index (χ3v) is 6.35. The largest absolute Gasteiger partial charge is 0.383 e. The van der Waals surface area contributed by atoms with E-state index in [0.29, 0.717) is 40.6 Å². The molecule has 3 rings (SSSR count). The van der Waals surface area contributed by atoms with Crippen LogP contribution in [0.1, 0.15) is 12.6 Å². The minimum absolute atomic E-state index is 0.0175. The Bertz CT molecular complexity index is 995. The monoisotopic (exact) mass is 436 g/mol. The van der Waals surface area contributed by atoms with E-state index in [2.05, 4.69) is 10.3 Å². The van der Waals surface area contributed by atoms with Crippen molar-refractivity contribution in [1.29, 1.82) is 0 Å². The van der Waals surface area contributed by atoms with Gasteiger partial charge in [-0.2, -0.15) is 0 Å². The summed E-state index contributed by atoms with van der Waals surface area (Å²) in [6.45, 7) is 2.75.